The second-order valence-electron chi connectivity index (χ2n) is 9.36. The Hall–Kier alpha value is -1.33. The topological polar surface area (TPSA) is 72.8 Å². The fraction of sp³-hybridized carbons (Fsp3) is 0.750. The van der Waals surface area contributed by atoms with E-state index >= 15 is 0 Å². The van der Waals surface area contributed by atoms with E-state index in [1.54, 1.807) is 0 Å². The first-order valence-electron chi connectivity index (χ1n) is 11.3. The molecule has 5 nitrogen and oxygen atoms in total. The Balaban J connectivity index is 0.00000320. The summed E-state index contributed by atoms with van der Waals surface area (Å²) < 4.78 is 11.5. The van der Waals surface area contributed by atoms with Gasteiger partial charge in [-0.15, -0.1) is 12.4 Å². The van der Waals surface area contributed by atoms with E-state index in [-0.39, 0.29) is 54.8 Å². The van der Waals surface area contributed by atoms with Crippen molar-refractivity contribution in [1.82, 2.24) is 0 Å². The number of allylic oxidation sites excluding steroid dienone is 3. The summed E-state index contributed by atoms with van der Waals surface area (Å²) >= 11 is 0. The lowest BCUT2D eigenvalue weighted by atomic mass is 9.65. The van der Waals surface area contributed by atoms with Crippen molar-refractivity contribution >= 4 is 24.3 Å². The molecule has 0 aromatic carbocycles. The van der Waals surface area contributed by atoms with Gasteiger partial charge in [-0.2, -0.15) is 0 Å². The maximum absolute atomic E-state index is 12.5. The molecule has 0 radical (unpaired) electrons. The molecule has 8 atom stereocenters. The van der Waals surface area contributed by atoms with Crippen LogP contribution in [-0.4, -0.2) is 35.4 Å². The predicted molar refractivity (Wildman–Crippen MR) is 118 cm³/mol. The minimum absolute atomic E-state index is 0. The summed E-state index contributed by atoms with van der Waals surface area (Å²) in [5, 5.41) is 9.89. The Morgan fingerprint density at radius 1 is 1.30 bits per heavy atom. The summed E-state index contributed by atoms with van der Waals surface area (Å²) in [5.41, 5.74) is 1.27. The van der Waals surface area contributed by atoms with E-state index in [1.165, 1.54) is 5.57 Å². The Labute approximate surface area is 186 Å². The van der Waals surface area contributed by atoms with Crippen LogP contribution >= 0.6 is 12.4 Å². The van der Waals surface area contributed by atoms with Gasteiger partial charge in [0, 0.05) is 12.3 Å². The number of carbonyl (C=O) groups excluding carboxylic acids is 2. The average molecular weight is 441 g/mol. The second-order valence-corrected chi connectivity index (χ2v) is 9.36. The molecule has 3 aliphatic rings. The molecule has 30 heavy (non-hydrogen) atoms. The summed E-state index contributed by atoms with van der Waals surface area (Å²) in [6.07, 6.45) is 9.70. The predicted octanol–water partition coefficient (Wildman–Crippen LogP) is 4.62. The van der Waals surface area contributed by atoms with Gasteiger partial charge in [0.2, 0.25) is 0 Å². The number of ether oxygens (including phenoxy) is 2. The Kier molecular flexibility index (Phi) is 8.98. The molecule has 6 heteroatoms. The molecule has 170 valence electrons. The zero-order valence-electron chi connectivity index (χ0n) is 18.6. The molecule has 0 unspecified atom stereocenters. The van der Waals surface area contributed by atoms with Crippen LogP contribution in [0.2, 0.25) is 0 Å². The molecule has 1 fully saturated rings. The van der Waals surface area contributed by atoms with Crippen molar-refractivity contribution in [2.75, 3.05) is 0 Å². The molecule has 0 saturated carbocycles. The third kappa shape index (κ3) is 5.88. The number of hydrogen-bond acceptors (Lipinski definition) is 5. The van der Waals surface area contributed by atoms with Gasteiger partial charge in [-0.3, -0.25) is 9.59 Å². The number of hydrogen-bond donors (Lipinski definition) is 1. The molecule has 1 saturated heterocycles. The zero-order chi connectivity index (χ0) is 21.1. The van der Waals surface area contributed by atoms with Crippen molar-refractivity contribution in [2.24, 2.45) is 29.6 Å². The maximum Gasteiger partial charge on any atom is 0.308 e. The van der Waals surface area contributed by atoms with E-state index in [1.807, 2.05) is 13.8 Å². The van der Waals surface area contributed by atoms with Crippen LogP contribution in [0.1, 0.15) is 66.2 Å². The number of aliphatic hydroxyl groups is 1. The van der Waals surface area contributed by atoms with E-state index in [0.29, 0.717) is 24.2 Å². The molecule has 0 amide bonds. The number of halogens is 1. The second kappa shape index (κ2) is 10.8. The summed E-state index contributed by atoms with van der Waals surface area (Å²) in [6, 6.07) is 0. The fourth-order valence-corrected chi connectivity index (χ4v) is 5.07. The van der Waals surface area contributed by atoms with Crippen LogP contribution in [-0.2, 0) is 19.1 Å². The van der Waals surface area contributed by atoms with Crippen molar-refractivity contribution in [3.63, 3.8) is 0 Å². The van der Waals surface area contributed by atoms with Crippen molar-refractivity contribution < 1.29 is 24.2 Å². The number of carbonyl (C=O) groups is 2. The van der Waals surface area contributed by atoms with Crippen molar-refractivity contribution in [1.29, 1.82) is 0 Å². The molecule has 0 spiro atoms. The van der Waals surface area contributed by atoms with Gasteiger partial charge >= 0.3 is 11.9 Å². The number of fused-ring (bicyclic) bond motifs is 1. The lowest BCUT2D eigenvalue weighted by Gasteiger charge is -2.43. The summed E-state index contributed by atoms with van der Waals surface area (Å²) in [4.78, 5) is 24.2. The zero-order valence-corrected chi connectivity index (χ0v) is 19.4. The first-order valence-corrected chi connectivity index (χ1v) is 11.3. The lowest BCUT2D eigenvalue weighted by Crippen LogP contribution is -2.42. The fourth-order valence-electron chi connectivity index (χ4n) is 5.07. The highest BCUT2D eigenvalue weighted by molar-refractivity contribution is 5.85. The standard InChI is InChI=1S/C24H36O5.ClH/c1-5-15(3)24(27)29-21-11-14(2)10-17-7-6-16(4)20(23(17)21)9-8-19-12-18(25)13-22(26)28-19;/h6-7,10,14-16,18-21,23,25H,5,8-9,11-13H2,1-4H3;1H/t14-,15-,16-,18+,19+,20-,21-,23-;/m0./s1. The smallest absolute Gasteiger partial charge is 0.308 e. The molecule has 1 N–H and O–H groups in total. The minimum atomic E-state index is -0.597. The summed E-state index contributed by atoms with van der Waals surface area (Å²) in [5.74, 6) is 0.755. The molecule has 2 aliphatic carbocycles. The van der Waals surface area contributed by atoms with Crippen LogP contribution in [0.3, 0.4) is 0 Å². The monoisotopic (exact) mass is 440 g/mol. The molecule has 1 aliphatic heterocycles. The molecular formula is C24H37ClO5. The van der Waals surface area contributed by atoms with E-state index in [4.69, 9.17) is 9.47 Å². The van der Waals surface area contributed by atoms with E-state index < -0.39 is 6.10 Å². The van der Waals surface area contributed by atoms with E-state index in [2.05, 4.69) is 32.1 Å². The van der Waals surface area contributed by atoms with E-state index in [9.17, 15) is 14.7 Å². The van der Waals surface area contributed by atoms with Gasteiger partial charge in [0.15, 0.2) is 0 Å². The van der Waals surface area contributed by atoms with Crippen LogP contribution in [0.15, 0.2) is 23.8 Å². The van der Waals surface area contributed by atoms with Crippen molar-refractivity contribution in [3.8, 4) is 0 Å². The third-order valence-corrected chi connectivity index (χ3v) is 6.93. The van der Waals surface area contributed by atoms with Crippen LogP contribution in [0.4, 0.5) is 0 Å². The van der Waals surface area contributed by atoms with Gasteiger partial charge < -0.3 is 14.6 Å². The summed E-state index contributed by atoms with van der Waals surface area (Å²) in [7, 11) is 0. The van der Waals surface area contributed by atoms with Gasteiger partial charge in [0.05, 0.1) is 18.4 Å². The lowest BCUT2D eigenvalue weighted by molar-refractivity contribution is -0.162. The maximum atomic E-state index is 12.5. The third-order valence-electron chi connectivity index (χ3n) is 6.93. The molecule has 0 bridgehead atoms. The van der Waals surface area contributed by atoms with E-state index in [0.717, 1.165) is 25.7 Å². The quantitative estimate of drug-likeness (QED) is 0.610. The molecule has 0 aromatic heterocycles. The molecule has 1 heterocycles. The molecule has 0 aromatic rings. The highest BCUT2D eigenvalue weighted by atomic mass is 35.5. The van der Waals surface area contributed by atoms with Gasteiger partial charge in [0.1, 0.15) is 12.2 Å². The first kappa shape index (κ1) is 24.9. The number of rotatable bonds is 6. The Morgan fingerprint density at radius 3 is 2.70 bits per heavy atom. The molecular weight excluding hydrogens is 404 g/mol. The number of cyclic esters (lactones) is 1. The largest absolute Gasteiger partial charge is 0.462 e. The number of esters is 2. The van der Waals surface area contributed by atoms with Gasteiger partial charge in [0.25, 0.3) is 0 Å². The Morgan fingerprint density at radius 2 is 2.03 bits per heavy atom. The minimum Gasteiger partial charge on any atom is -0.462 e. The van der Waals surface area contributed by atoms with Crippen molar-refractivity contribution in [3.05, 3.63) is 23.8 Å². The van der Waals surface area contributed by atoms with Gasteiger partial charge in [-0.25, -0.2) is 0 Å². The van der Waals surface area contributed by atoms with Crippen molar-refractivity contribution in [2.45, 2.75) is 84.5 Å². The van der Waals surface area contributed by atoms with Crippen LogP contribution in [0, 0.1) is 29.6 Å². The normalized spacial score (nSPS) is 36.6. The SMILES string of the molecule is CC[C@H](C)C(=O)O[C@H]1C[C@@H](C)C=C2C=C[C@H](C)[C@H](CC[C@@H]3C[C@@H](O)CC(=O)O3)[C@H]21.Cl. The number of aliphatic hydroxyl groups excluding tert-OH is 1. The average Bonchev–Trinajstić information content (AvgIpc) is 2.65. The summed E-state index contributed by atoms with van der Waals surface area (Å²) in [6.45, 7) is 8.33. The Bertz CT molecular complexity index is 673. The van der Waals surface area contributed by atoms with Gasteiger partial charge in [-0.1, -0.05) is 45.9 Å². The van der Waals surface area contributed by atoms with Crippen LogP contribution in [0.5, 0.6) is 0 Å². The highest BCUT2D eigenvalue weighted by Gasteiger charge is 2.42. The van der Waals surface area contributed by atoms with Crippen LogP contribution < -0.4 is 0 Å². The molecule has 3 rings (SSSR count). The van der Waals surface area contributed by atoms with Gasteiger partial charge in [-0.05, 0) is 49.0 Å². The first-order chi connectivity index (χ1) is 13.8. The highest BCUT2D eigenvalue weighted by Crippen LogP contribution is 2.45. The van der Waals surface area contributed by atoms with Crippen LogP contribution in [0.25, 0.3) is 0 Å².